The molecule has 21 heavy (non-hydrogen) atoms. The van der Waals surface area contributed by atoms with Crippen molar-refractivity contribution in [1.29, 1.82) is 0 Å². The molecule has 5 N–H and O–H groups in total. The molecule has 2 heterocycles. The Kier molecular flexibility index (Phi) is 5.27. The van der Waals surface area contributed by atoms with Gasteiger partial charge in [-0.05, 0) is 18.9 Å². The average molecular weight is 288 g/mol. The minimum absolute atomic E-state index is 0.124. The maximum Gasteiger partial charge on any atom is 0.223 e. The molecule has 0 aliphatic rings. The number of anilines is 2. The number of hydrogen-bond acceptors (Lipinski definition) is 6. The highest BCUT2D eigenvalue weighted by atomic mass is 15.1. The van der Waals surface area contributed by atoms with Gasteiger partial charge < -0.3 is 16.8 Å². The van der Waals surface area contributed by atoms with Gasteiger partial charge in [-0.1, -0.05) is 26.2 Å². The molecule has 6 heteroatoms. The summed E-state index contributed by atoms with van der Waals surface area (Å²) in [7, 11) is 0. The molecule has 0 spiro atoms. The molecular formula is C15H24N6. The van der Waals surface area contributed by atoms with E-state index in [0.717, 1.165) is 22.9 Å². The van der Waals surface area contributed by atoms with Gasteiger partial charge >= 0.3 is 0 Å². The summed E-state index contributed by atoms with van der Waals surface area (Å²) in [6, 6.07) is 0.124. The van der Waals surface area contributed by atoms with Gasteiger partial charge in [-0.3, -0.25) is 0 Å². The van der Waals surface area contributed by atoms with Gasteiger partial charge in [0.1, 0.15) is 5.82 Å². The van der Waals surface area contributed by atoms with Crippen molar-refractivity contribution in [3.63, 3.8) is 0 Å². The first kappa shape index (κ1) is 15.4. The quantitative estimate of drug-likeness (QED) is 0.675. The van der Waals surface area contributed by atoms with Gasteiger partial charge in [0, 0.05) is 25.0 Å². The predicted octanol–water partition coefficient (Wildman–Crippen LogP) is 2.23. The number of nitrogen functional groups attached to an aromatic ring is 1. The molecular weight excluding hydrogens is 264 g/mol. The van der Waals surface area contributed by atoms with Gasteiger partial charge in [-0.15, -0.1) is 0 Å². The van der Waals surface area contributed by atoms with Crippen LogP contribution < -0.4 is 16.8 Å². The van der Waals surface area contributed by atoms with Gasteiger partial charge in [0.15, 0.2) is 0 Å². The zero-order valence-corrected chi connectivity index (χ0v) is 12.8. The van der Waals surface area contributed by atoms with Crippen LogP contribution in [0.1, 0.15) is 38.2 Å². The van der Waals surface area contributed by atoms with Crippen molar-refractivity contribution >= 4 is 22.7 Å². The first-order valence-electron chi connectivity index (χ1n) is 7.49. The summed E-state index contributed by atoms with van der Waals surface area (Å²) < 4.78 is 0. The van der Waals surface area contributed by atoms with Gasteiger partial charge in [-0.2, -0.15) is 0 Å². The SMILES string of the molecule is CCCCCC(N)CNc1ncc2c(N)ncc(C)c2n1. The number of aryl methyl sites for hydroxylation is 1. The van der Waals surface area contributed by atoms with E-state index >= 15 is 0 Å². The number of nitrogens with one attached hydrogen (secondary N) is 1. The van der Waals surface area contributed by atoms with Crippen molar-refractivity contribution in [2.24, 2.45) is 5.73 Å². The third kappa shape index (κ3) is 4.01. The smallest absolute Gasteiger partial charge is 0.223 e. The molecule has 1 unspecified atom stereocenters. The molecule has 2 rings (SSSR count). The fraction of sp³-hybridized carbons (Fsp3) is 0.533. The van der Waals surface area contributed by atoms with Crippen LogP contribution in [-0.2, 0) is 0 Å². The second-order valence-corrected chi connectivity index (χ2v) is 5.42. The molecule has 114 valence electrons. The lowest BCUT2D eigenvalue weighted by Crippen LogP contribution is -2.29. The van der Waals surface area contributed by atoms with Crippen molar-refractivity contribution in [1.82, 2.24) is 15.0 Å². The molecule has 2 aromatic rings. The van der Waals surface area contributed by atoms with Crippen molar-refractivity contribution in [2.45, 2.75) is 45.6 Å². The van der Waals surface area contributed by atoms with E-state index in [-0.39, 0.29) is 6.04 Å². The van der Waals surface area contributed by atoms with Crippen molar-refractivity contribution < 1.29 is 0 Å². The summed E-state index contributed by atoms with van der Waals surface area (Å²) >= 11 is 0. The lowest BCUT2D eigenvalue weighted by atomic mass is 10.1. The Morgan fingerprint density at radius 1 is 1.24 bits per heavy atom. The number of aromatic nitrogens is 3. The molecule has 0 fully saturated rings. The van der Waals surface area contributed by atoms with E-state index in [1.807, 2.05) is 6.92 Å². The number of hydrogen-bond donors (Lipinski definition) is 3. The van der Waals surface area contributed by atoms with Crippen LogP contribution >= 0.6 is 0 Å². The van der Waals surface area contributed by atoms with E-state index in [2.05, 4.69) is 27.2 Å². The molecule has 0 aromatic carbocycles. The zero-order valence-electron chi connectivity index (χ0n) is 12.8. The van der Waals surface area contributed by atoms with Crippen LogP contribution in [0.4, 0.5) is 11.8 Å². The minimum Gasteiger partial charge on any atom is -0.383 e. The highest BCUT2D eigenvalue weighted by molar-refractivity contribution is 5.89. The van der Waals surface area contributed by atoms with Crippen LogP contribution in [0.2, 0.25) is 0 Å². The Morgan fingerprint density at radius 3 is 2.81 bits per heavy atom. The molecule has 0 saturated carbocycles. The van der Waals surface area contributed by atoms with E-state index in [1.165, 1.54) is 19.3 Å². The van der Waals surface area contributed by atoms with Gasteiger partial charge in [0.25, 0.3) is 0 Å². The normalized spacial score (nSPS) is 12.5. The largest absolute Gasteiger partial charge is 0.383 e. The predicted molar refractivity (Wildman–Crippen MR) is 87.1 cm³/mol. The molecule has 0 radical (unpaired) electrons. The Labute approximate surface area is 125 Å². The van der Waals surface area contributed by atoms with E-state index in [1.54, 1.807) is 12.4 Å². The van der Waals surface area contributed by atoms with E-state index in [0.29, 0.717) is 18.3 Å². The van der Waals surface area contributed by atoms with Crippen LogP contribution in [0.3, 0.4) is 0 Å². The first-order valence-corrected chi connectivity index (χ1v) is 7.49. The van der Waals surface area contributed by atoms with E-state index in [9.17, 15) is 0 Å². The molecule has 0 aliphatic heterocycles. The van der Waals surface area contributed by atoms with Crippen LogP contribution in [-0.4, -0.2) is 27.5 Å². The number of pyridine rings is 1. The Balaban J connectivity index is 2.01. The third-order valence-electron chi connectivity index (χ3n) is 3.54. The first-order chi connectivity index (χ1) is 10.1. The molecule has 6 nitrogen and oxygen atoms in total. The number of unbranched alkanes of at least 4 members (excludes halogenated alkanes) is 2. The molecule has 0 amide bonds. The number of nitrogens with two attached hydrogens (primary N) is 2. The Morgan fingerprint density at radius 2 is 2.05 bits per heavy atom. The standard InChI is InChI=1S/C15H24N6/c1-3-4-5-6-11(16)8-19-15-20-9-12-13(21-15)10(2)7-18-14(12)17/h7,9,11H,3-6,8,16H2,1-2H3,(H2,17,18)(H,19,20,21). The summed E-state index contributed by atoms with van der Waals surface area (Å²) in [5.74, 6) is 1.04. The molecule has 1 atom stereocenters. The lowest BCUT2D eigenvalue weighted by molar-refractivity contribution is 0.575. The zero-order chi connectivity index (χ0) is 15.2. The number of rotatable bonds is 7. The van der Waals surface area contributed by atoms with Crippen molar-refractivity contribution in [3.8, 4) is 0 Å². The minimum atomic E-state index is 0.124. The molecule has 0 bridgehead atoms. The van der Waals surface area contributed by atoms with Crippen LogP contribution in [0.5, 0.6) is 0 Å². The highest BCUT2D eigenvalue weighted by Gasteiger charge is 2.08. The van der Waals surface area contributed by atoms with Crippen LogP contribution in [0, 0.1) is 6.92 Å². The van der Waals surface area contributed by atoms with E-state index in [4.69, 9.17) is 11.5 Å². The third-order valence-corrected chi connectivity index (χ3v) is 3.54. The fourth-order valence-electron chi connectivity index (χ4n) is 2.23. The maximum atomic E-state index is 6.08. The van der Waals surface area contributed by atoms with Crippen molar-refractivity contribution in [2.75, 3.05) is 17.6 Å². The molecule has 0 saturated heterocycles. The topological polar surface area (TPSA) is 103 Å². The van der Waals surface area contributed by atoms with Gasteiger partial charge in [-0.25, -0.2) is 15.0 Å². The lowest BCUT2D eigenvalue weighted by Gasteiger charge is -2.13. The summed E-state index contributed by atoms with van der Waals surface area (Å²) in [5.41, 5.74) is 13.7. The van der Waals surface area contributed by atoms with Crippen LogP contribution in [0.25, 0.3) is 10.9 Å². The maximum absolute atomic E-state index is 6.08. The Hall–Kier alpha value is -1.95. The molecule has 0 aliphatic carbocycles. The second kappa shape index (κ2) is 7.17. The fourth-order valence-corrected chi connectivity index (χ4v) is 2.23. The Bertz CT molecular complexity index is 598. The second-order valence-electron chi connectivity index (χ2n) is 5.42. The summed E-state index contributed by atoms with van der Waals surface area (Å²) in [5, 5.41) is 3.99. The van der Waals surface area contributed by atoms with Gasteiger partial charge in [0.2, 0.25) is 5.95 Å². The number of nitrogens with zero attached hydrogens (tertiary/aromatic N) is 3. The summed E-state index contributed by atoms with van der Waals surface area (Å²) in [6.45, 7) is 4.83. The van der Waals surface area contributed by atoms with Crippen molar-refractivity contribution in [3.05, 3.63) is 18.0 Å². The summed E-state index contributed by atoms with van der Waals surface area (Å²) in [6.07, 6.45) is 8.06. The summed E-state index contributed by atoms with van der Waals surface area (Å²) in [4.78, 5) is 12.9. The van der Waals surface area contributed by atoms with Gasteiger partial charge in [0.05, 0.1) is 10.9 Å². The monoisotopic (exact) mass is 288 g/mol. The van der Waals surface area contributed by atoms with E-state index < -0.39 is 0 Å². The molecule has 2 aromatic heterocycles. The average Bonchev–Trinajstić information content (AvgIpc) is 2.49. The number of fused-ring (bicyclic) bond motifs is 1. The highest BCUT2D eigenvalue weighted by Crippen LogP contribution is 2.20. The van der Waals surface area contributed by atoms with Crippen LogP contribution in [0.15, 0.2) is 12.4 Å².